The highest BCUT2D eigenvalue weighted by Crippen LogP contribution is 2.34. The van der Waals surface area contributed by atoms with Crippen molar-refractivity contribution in [3.05, 3.63) is 54.5 Å². The Balaban J connectivity index is 1.28. The lowest BCUT2D eigenvalue weighted by Crippen LogP contribution is -2.43. The Hall–Kier alpha value is -4.12. The lowest BCUT2D eigenvalue weighted by Gasteiger charge is -2.34. The zero-order valence-electron chi connectivity index (χ0n) is 22.4. The Morgan fingerprint density at radius 2 is 1.89 bits per heavy atom. The summed E-state index contributed by atoms with van der Waals surface area (Å²) in [6.07, 6.45) is 12.6. The molecule has 0 aliphatic carbocycles. The minimum Gasteiger partial charge on any atom is -0.325 e. The molecule has 4 aromatic rings. The Morgan fingerprint density at radius 3 is 2.63 bits per heavy atom. The summed E-state index contributed by atoms with van der Waals surface area (Å²) in [5, 5.41) is 14.4. The molecule has 5 rings (SSSR count). The number of nitrogens with zero attached hydrogens (tertiary/aromatic N) is 7. The number of hydrogen-bond donors (Lipinski definition) is 2. The molecule has 5 heterocycles. The molecule has 1 fully saturated rings. The molecular formula is C27H33N9O2. The zero-order chi connectivity index (χ0) is 27.0. The molecule has 1 aliphatic heterocycles. The number of likely N-dealkylation sites (tertiary alicyclic amines) is 1. The average Bonchev–Trinajstić information content (AvgIpc) is 3.57. The van der Waals surface area contributed by atoms with Crippen molar-refractivity contribution in [3.63, 3.8) is 0 Å². The molecular weight excluding hydrogens is 482 g/mol. The molecule has 0 saturated carbocycles. The summed E-state index contributed by atoms with van der Waals surface area (Å²) in [6.45, 7) is 9.31. The zero-order valence-corrected chi connectivity index (χ0v) is 22.4. The first kappa shape index (κ1) is 25.5. The highest BCUT2D eigenvalue weighted by Gasteiger charge is 2.38. The van der Waals surface area contributed by atoms with Crippen molar-refractivity contribution < 1.29 is 9.59 Å². The van der Waals surface area contributed by atoms with Crippen LogP contribution < -0.4 is 10.6 Å². The van der Waals surface area contributed by atoms with E-state index in [1.165, 1.54) is 6.20 Å². The second kappa shape index (κ2) is 9.97. The van der Waals surface area contributed by atoms with Gasteiger partial charge in [-0.05, 0) is 46.2 Å². The minimum atomic E-state index is -0.337. The van der Waals surface area contributed by atoms with Crippen LogP contribution in [-0.4, -0.2) is 64.2 Å². The van der Waals surface area contributed by atoms with Gasteiger partial charge < -0.3 is 10.6 Å². The van der Waals surface area contributed by atoms with E-state index < -0.39 is 0 Å². The molecule has 1 atom stereocenters. The van der Waals surface area contributed by atoms with E-state index in [0.717, 1.165) is 24.9 Å². The molecule has 11 heteroatoms. The molecule has 1 unspecified atom stereocenters. The van der Waals surface area contributed by atoms with Crippen molar-refractivity contribution in [2.24, 2.45) is 7.05 Å². The third kappa shape index (κ3) is 5.01. The monoisotopic (exact) mass is 515 g/mol. The van der Waals surface area contributed by atoms with Gasteiger partial charge >= 0.3 is 0 Å². The first-order valence-electron chi connectivity index (χ1n) is 12.8. The number of rotatable bonds is 7. The summed E-state index contributed by atoms with van der Waals surface area (Å²) in [4.78, 5) is 37.3. The maximum absolute atomic E-state index is 13.2. The largest absolute Gasteiger partial charge is 0.325 e. The van der Waals surface area contributed by atoms with Crippen molar-refractivity contribution in [1.82, 2.24) is 34.3 Å². The summed E-state index contributed by atoms with van der Waals surface area (Å²) in [6, 6.07) is 1.95. The molecule has 198 valence electrons. The lowest BCUT2D eigenvalue weighted by molar-refractivity contribution is -0.117. The van der Waals surface area contributed by atoms with Crippen LogP contribution in [0.5, 0.6) is 0 Å². The van der Waals surface area contributed by atoms with E-state index in [2.05, 4.69) is 56.5 Å². The van der Waals surface area contributed by atoms with Crippen LogP contribution in [-0.2, 0) is 11.8 Å². The second-order valence-electron chi connectivity index (χ2n) is 10.4. The van der Waals surface area contributed by atoms with Crippen LogP contribution in [0.4, 0.5) is 11.4 Å². The van der Waals surface area contributed by atoms with Crippen molar-refractivity contribution in [3.8, 4) is 11.3 Å². The van der Waals surface area contributed by atoms with Gasteiger partial charge in [0.1, 0.15) is 0 Å². The molecule has 38 heavy (non-hydrogen) atoms. The first-order valence-corrected chi connectivity index (χ1v) is 12.8. The van der Waals surface area contributed by atoms with E-state index in [4.69, 9.17) is 0 Å². The van der Waals surface area contributed by atoms with E-state index in [1.807, 2.05) is 13.2 Å². The summed E-state index contributed by atoms with van der Waals surface area (Å²) < 4.78 is 3.32. The van der Waals surface area contributed by atoms with Crippen molar-refractivity contribution >= 4 is 28.7 Å². The number of anilines is 2. The lowest BCUT2D eigenvalue weighted by atomic mass is 10.0. The third-order valence-electron chi connectivity index (χ3n) is 7.34. The van der Waals surface area contributed by atoms with E-state index in [1.54, 1.807) is 47.0 Å². The van der Waals surface area contributed by atoms with Crippen LogP contribution in [0.3, 0.4) is 0 Å². The van der Waals surface area contributed by atoms with Gasteiger partial charge in [-0.15, -0.1) is 0 Å². The van der Waals surface area contributed by atoms with E-state index in [9.17, 15) is 9.59 Å². The fourth-order valence-corrected chi connectivity index (χ4v) is 5.32. The van der Waals surface area contributed by atoms with Gasteiger partial charge in [-0.25, -0.2) is 4.52 Å². The van der Waals surface area contributed by atoms with Gasteiger partial charge in [-0.1, -0.05) is 6.92 Å². The molecule has 0 aromatic carbocycles. The fraction of sp³-hybridized carbons (Fsp3) is 0.407. The van der Waals surface area contributed by atoms with E-state index in [-0.39, 0.29) is 23.4 Å². The molecule has 1 saturated heterocycles. The number of carbonyl (C=O) groups is 2. The van der Waals surface area contributed by atoms with Crippen LogP contribution in [0.1, 0.15) is 56.1 Å². The fourth-order valence-electron chi connectivity index (χ4n) is 5.32. The highest BCUT2D eigenvalue weighted by atomic mass is 16.2. The maximum Gasteiger partial charge on any atom is 0.259 e. The molecule has 0 radical (unpaired) electrons. The average molecular weight is 516 g/mol. The highest BCUT2D eigenvalue weighted by molar-refractivity contribution is 6.09. The number of pyridine rings is 1. The number of hydrogen-bond acceptors (Lipinski definition) is 7. The van der Waals surface area contributed by atoms with Crippen LogP contribution in [0, 0.1) is 6.92 Å². The molecule has 2 N–H and O–H groups in total. The quantitative estimate of drug-likeness (QED) is 0.385. The Morgan fingerprint density at radius 1 is 1.08 bits per heavy atom. The van der Waals surface area contributed by atoms with Gasteiger partial charge in [-0.3, -0.25) is 29.1 Å². The first-order chi connectivity index (χ1) is 18.1. The number of fused-ring (bicyclic) bond motifs is 1. The predicted molar refractivity (Wildman–Crippen MR) is 145 cm³/mol. The summed E-state index contributed by atoms with van der Waals surface area (Å²) in [5.41, 5.74) is 4.32. The molecule has 0 spiro atoms. The molecule has 2 amide bonds. The summed E-state index contributed by atoms with van der Waals surface area (Å²) in [5.74, 6) is -0.400. The maximum atomic E-state index is 13.2. The number of nitrogens with one attached hydrogen (secondary N) is 2. The molecule has 1 aliphatic rings. The van der Waals surface area contributed by atoms with Gasteiger partial charge in [0.2, 0.25) is 5.91 Å². The van der Waals surface area contributed by atoms with Gasteiger partial charge in [0.05, 0.1) is 64.8 Å². The van der Waals surface area contributed by atoms with Crippen molar-refractivity contribution in [1.29, 1.82) is 0 Å². The van der Waals surface area contributed by atoms with Crippen molar-refractivity contribution in [2.45, 2.75) is 58.5 Å². The smallest absolute Gasteiger partial charge is 0.259 e. The Labute approximate surface area is 221 Å². The van der Waals surface area contributed by atoms with E-state index >= 15 is 0 Å². The standard InChI is InChI=1S/C27H33N9O2/c1-6-35-20(7-8-27(35,3)4)10-25(37)32-19-9-22(17(2)28-12-19)33-26(38)21-13-31-36-16-23(29-14-24(21)36)18-11-30-34(5)15-18/h9,11-16,20H,6-8,10H2,1-5H3,(H,32,37)(H,33,38). The number of aryl methyl sites for hydroxylation is 2. The van der Waals surface area contributed by atoms with Crippen LogP contribution in [0.25, 0.3) is 16.8 Å². The Kier molecular flexibility index (Phi) is 6.70. The van der Waals surface area contributed by atoms with Crippen molar-refractivity contribution in [2.75, 3.05) is 17.2 Å². The van der Waals surface area contributed by atoms with Gasteiger partial charge in [0.15, 0.2) is 0 Å². The molecule has 0 bridgehead atoms. The van der Waals surface area contributed by atoms with Gasteiger partial charge in [0, 0.05) is 36.8 Å². The Bertz CT molecular complexity index is 1500. The number of amides is 2. The second-order valence-corrected chi connectivity index (χ2v) is 10.4. The third-order valence-corrected chi connectivity index (χ3v) is 7.34. The normalized spacial score (nSPS) is 17.1. The van der Waals surface area contributed by atoms with E-state index in [0.29, 0.717) is 40.3 Å². The topological polar surface area (TPSA) is 122 Å². The SMILES string of the molecule is CCN1C(CC(=O)Nc2cnc(C)c(NC(=O)c3cnn4cc(-c5cnn(C)c5)ncc34)c2)CCC1(C)C. The van der Waals surface area contributed by atoms with Gasteiger partial charge in [0.25, 0.3) is 5.91 Å². The molecule has 11 nitrogen and oxygen atoms in total. The summed E-state index contributed by atoms with van der Waals surface area (Å²) in [7, 11) is 1.84. The summed E-state index contributed by atoms with van der Waals surface area (Å²) >= 11 is 0. The van der Waals surface area contributed by atoms with Crippen LogP contribution >= 0.6 is 0 Å². The number of aromatic nitrogens is 6. The predicted octanol–water partition coefficient (Wildman–Crippen LogP) is 3.68. The number of carbonyl (C=O) groups excluding carboxylic acids is 2. The van der Waals surface area contributed by atoms with Crippen LogP contribution in [0.2, 0.25) is 0 Å². The van der Waals surface area contributed by atoms with Crippen LogP contribution in [0.15, 0.2) is 43.2 Å². The minimum absolute atomic E-state index is 0.0628. The molecule has 4 aromatic heterocycles. The van der Waals surface area contributed by atoms with Gasteiger partial charge in [-0.2, -0.15) is 10.2 Å².